The van der Waals surface area contributed by atoms with E-state index in [1.165, 1.54) is 6.07 Å². The van der Waals surface area contributed by atoms with Crippen molar-refractivity contribution in [3.05, 3.63) is 59.4 Å². The van der Waals surface area contributed by atoms with E-state index in [1.54, 1.807) is 20.3 Å². The minimum Gasteiger partial charge on any atom is -0.493 e. The molecule has 2 aromatic carbocycles. The van der Waals surface area contributed by atoms with Gasteiger partial charge in [-0.15, -0.1) is 12.4 Å². The second-order valence-electron chi connectivity index (χ2n) is 4.67. The Hall–Kier alpha value is -1.78. The Morgan fingerprint density at radius 1 is 0.955 bits per heavy atom. The van der Waals surface area contributed by atoms with Crippen molar-refractivity contribution in [2.45, 2.75) is 13.0 Å². The van der Waals surface area contributed by atoms with Gasteiger partial charge >= 0.3 is 0 Å². The number of benzene rings is 2. The molecule has 5 heteroatoms. The first-order valence-corrected chi connectivity index (χ1v) is 6.90. The van der Waals surface area contributed by atoms with Gasteiger partial charge in [0.2, 0.25) is 0 Å². The molecule has 0 bridgehead atoms. The average Bonchev–Trinajstić information content (AvgIpc) is 2.52. The molecule has 0 heterocycles. The van der Waals surface area contributed by atoms with Gasteiger partial charge < -0.3 is 14.8 Å². The lowest BCUT2D eigenvalue weighted by Gasteiger charge is -2.13. The minimum atomic E-state index is -0.154. The Bertz CT molecular complexity index is 593. The highest BCUT2D eigenvalue weighted by molar-refractivity contribution is 5.85. The highest BCUT2D eigenvalue weighted by Crippen LogP contribution is 2.30. The van der Waals surface area contributed by atoms with Gasteiger partial charge in [0.25, 0.3) is 0 Å². The molecular formula is C17H21ClFNO2. The summed E-state index contributed by atoms with van der Waals surface area (Å²) in [5.74, 6) is 1.29. The molecule has 0 amide bonds. The van der Waals surface area contributed by atoms with E-state index in [1.807, 2.05) is 30.3 Å². The molecule has 0 aliphatic heterocycles. The van der Waals surface area contributed by atoms with Gasteiger partial charge in [-0.05, 0) is 30.7 Å². The Balaban J connectivity index is 0.00000242. The first-order valence-electron chi connectivity index (χ1n) is 6.90. The smallest absolute Gasteiger partial charge is 0.165 e. The third-order valence-corrected chi connectivity index (χ3v) is 3.33. The normalized spacial score (nSPS) is 9.95. The fraction of sp³-hybridized carbons (Fsp3) is 0.294. The van der Waals surface area contributed by atoms with Gasteiger partial charge in [-0.1, -0.05) is 30.3 Å². The van der Waals surface area contributed by atoms with Crippen LogP contribution in [0.25, 0.3) is 0 Å². The molecule has 0 aliphatic carbocycles. The standard InChI is InChI=1S/C17H20FNO2.ClH/c1-20-16-9-5-7-14(17(16)21-2)12-19-11-10-13-6-3-4-8-15(13)18;/h3-9,19H,10-12H2,1-2H3;1H. The van der Waals surface area contributed by atoms with Crippen LogP contribution in [0.3, 0.4) is 0 Å². The Kier molecular flexibility index (Phi) is 7.71. The zero-order valence-corrected chi connectivity index (χ0v) is 13.6. The van der Waals surface area contributed by atoms with E-state index < -0.39 is 0 Å². The zero-order chi connectivity index (χ0) is 15.1. The predicted molar refractivity (Wildman–Crippen MR) is 88.6 cm³/mol. The number of hydrogen-bond acceptors (Lipinski definition) is 3. The monoisotopic (exact) mass is 325 g/mol. The average molecular weight is 326 g/mol. The van der Waals surface area contributed by atoms with E-state index in [2.05, 4.69) is 5.32 Å². The highest BCUT2D eigenvalue weighted by atomic mass is 35.5. The van der Waals surface area contributed by atoms with E-state index in [9.17, 15) is 4.39 Å². The van der Waals surface area contributed by atoms with Gasteiger partial charge in [0, 0.05) is 12.1 Å². The number of halogens is 2. The third-order valence-electron chi connectivity index (χ3n) is 3.33. The van der Waals surface area contributed by atoms with Crippen molar-refractivity contribution in [3.8, 4) is 11.5 Å². The van der Waals surface area contributed by atoms with Crippen LogP contribution in [0.5, 0.6) is 11.5 Å². The Morgan fingerprint density at radius 3 is 2.36 bits per heavy atom. The molecule has 0 saturated heterocycles. The number of rotatable bonds is 7. The molecule has 0 saturated carbocycles. The fourth-order valence-electron chi connectivity index (χ4n) is 2.24. The topological polar surface area (TPSA) is 30.5 Å². The molecule has 0 aromatic heterocycles. The predicted octanol–water partition coefficient (Wildman–Crippen LogP) is 3.60. The first-order chi connectivity index (χ1) is 10.3. The van der Waals surface area contributed by atoms with Crippen molar-refractivity contribution in [2.75, 3.05) is 20.8 Å². The SMILES string of the molecule is COc1cccc(CNCCc2ccccc2F)c1OC.Cl. The fourth-order valence-corrected chi connectivity index (χ4v) is 2.24. The molecule has 22 heavy (non-hydrogen) atoms. The van der Waals surface area contributed by atoms with Crippen LogP contribution in [0, 0.1) is 5.82 Å². The Morgan fingerprint density at radius 2 is 1.68 bits per heavy atom. The summed E-state index contributed by atoms with van der Waals surface area (Å²) in [5, 5.41) is 3.30. The molecule has 2 rings (SSSR count). The highest BCUT2D eigenvalue weighted by Gasteiger charge is 2.08. The number of ether oxygens (including phenoxy) is 2. The van der Waals surface area contributed by atoms with Crippen molar-refractivity contribution < 1.29 is 13.9 Å². The van der Waals surface area contributed by atoms with Crippen molar-refractivity contribution in [1.29, 1.82) is 0 Å². The molecule has 0 spiro atoms. The van der Waals surface area contributed by atoms with Crippen LogP contribution in [0.15, 0.2) is 42.5 Å². The maximum Gasteiger partial charge on any atom is 0.165 e. The third kappa shape index (κ3) is 4.61. The molecule has 120 valence electrons. The van der Waals surface area contributed by atoms with Gasteiger partial charge in [-0.25, -0.2) is 4.39 Å². The summed E-state index contributed by atoms with van der Waals surface area (Å²) in [6.07, 6.45) is 0.652. The van der Waals surface area contributed by atoms with Crippen LogP contribution < -0.4 is 14.8 Å². The lowest BCUT2D eigenvalue weighted by atomic mass is 10.1. The summed E-state index contributed by atoms with van der Waals surface area (Å²) >= 11 is 0. The van der Waals surface area contributed by atoms with Crippen LogP contribution in [0.2, 0.25) is 0 Å². The van der Waals surface area contributed by atoms with Crippen LogP contribution in [0.4, 0.5) is 4.39 Å². The number of hydrogen-bond donors (Lipinski definition) is 1. The number of methoxy groups -OCH3 is 2. The summed E-state index contributed by atoms with van der Waals surface area (Å²) < 4.78 is 24.1. The van der Waals surface area contributed by atoms with E-state index >= 15 is 0 Å². The Labute approximate surface area is 136 Å². The van der Waals surface area contributed by atoms with Gasteiger partial charge in [-0.3, -0.25) is 0 Å². The van der Waals surface area contributed by atoms with Crippen LogP contribution in [-0.4, -0.2) is 20.8 Å². The lowest BCUT2D eigenvalue weighted by molar-refractivity contribution is 0.350. The van der Waals surface area contributed by atoms with Crippen molar-refractivity contribution >= 4 is 12.4 Å². The number of nitrogens with one attached hydrogen (secondary N) is 1. The quantitative estimate of drug-likeness (QED) is 0.789. The maximum atomic E-state index is 13.5. The minimum absolute atomic E-state index is 0. The number of para-hydroxylation sites is 1. The molecule has 0 fully saturated rings. The van der Waals surface area contributed by atoms with E-state index in [0.29, 0.717) is 25.3 Å². The maximum absolute atomic E-state index is 13.5. The van der Waals surface area contributed by atoms with E-state index in [4.69, 9.17) is 9.47 Å². The van der Waals surface area contributed by atoms with Crippen LogP contribution >= 0.6 is 12.4 Å². The largest absolute Gasteiger partial charge is 0.493 e. The summed E-state index contributed by atoms with van der Waals surface area (Å²) in [7, 11) is 3.24. The van der Waals surface area contributed by atoms with Crippen molar-refractivity contribution in [1.82, 2.24) is 5.32 Å². The van der Waals surface area contributed by atoms with E-state index in [0.717, 1.165) is 16.9 Å². The summed E-state index contributed by atoms with van der Waals surface area (Å²) in [6, 6.07) is 12.6. The molecule has 0 unspecified atom stereocenters. The summed E-state index contributed by atoms with van der Waals surface area (Å²) in [6.45, 7) is 1.34. The summed E-state index contributed by atoms with van der Waals surface area (Å²) in [4.78, 5) is 0. The molecule has 2 aromatic rings. The second-order valence-corrected chi connectivity index (χ2v) is 4.67. The van der Waals surface area contributed by atoms with Crippen molar-refractivity contribution in [2.24, 2.45) is 0 Å². The molecular weight excluding hydrogens is 305 g/mol. The van der Waals surface area contributed by atoms with E-state index in [-0.39, 0.29) is 18.2 Å². The molecule has 3 nitrogen and oxygen atoms in total. The van der Waals surface area contributed by atoms with Crippen molar-refractivity contribution in [3.63, 3.8) is 0 Å². The first kappa shape index (κ1) is 18.3. The molecule has 1 N–H and O–H groups in total. The van der Waals surface area contributed by atoms with Gasteiger partial charge in [-0.2, -0.15) is 0 Å². The zero-order valence-electron chi connectivity index (χ0n) is 12.8. The van der Waals surface area contributed by atoms with Gasteiger partial charge in [0.05, 0.1) is 14.2 Å². The summed E-state index contributed by atoms with van der Waals surface area (Å²) in [5.41, 5.74) is 1.74. The lowest BCUT2D eigenvalue weighted by Crippen LogP contribution is -2.17. The van der Waals surface area contributed by atoms with Gasteiger partial charge in [0.15, 0.2) is 11.5 Å². The molecule has 0 atom stereocenters. The molecule has 0 radical (unpaired) electrons. The van der Waals surface area contributed by atoms with Crippen LogP contribution in [-0.2, 0) is 13.0 Å². The van der Waals surface area contributed by atoms with Crippen LogP contribution in [0.1, 0.15) is 11.1 Å². The molecule has 0 aliphatic rings. The van der Waals surface area contributed by atoms with Gasteiger partial charge in [0.1, 0.15) is 5.82 Å². The second kappa shape index (κ2) is 9.28.